The average molecular weight is 283 g/mol. The first-order chi connectivity index (χ1) is 9.29. The molecule has 3 nitrogen and oxygen atoms in total. The van der Waals surface area contributed by atoms with E-state index in [1.54, 1.807) is 0 Å². The molecule has 1 aromatic carbocycles. The molecule has 1 fully saturated rings. The summed E-state index contributed by atoms with van der Waals surface area (Å²) in [5, 5.41) is 13.3. The van der Waals surface area contributed by atoms with Crippen LogP contribution < -0.4 is 5.32 Å². The van der Waals surface area contributed by atoms with Crippen molar-refractivity contribution in [2.75, 3.05) is 32.8 Å². The van der Waals surface area contributed by atoms with Gasteiger partial charge in [-0.2, -0.15) is 0 Å². The van der Waals surface area contributed by atoms with Crippen molar-refractivity contribution in [1.29, 1.82) is 0 Å². The molecule has 4 heteroatoms. The van der Waals surface area contributed by atoms with Gasteiger partial charge in [-0.3, -0.25) is 0 Å². The molecule has 1 heterocycles. The number of hydrogen-bond donors (Lipinski definition) is 2. The van der Waals surface area contributed by atoms with E-state index in [-0.39, 0.29) is 6.61 Å². The summed E-state index contributed by atoms with van der Waals surface area (Å²) in [6.07, 6.45) is 2.44. The Kier molecular flexibility index (Phi) is 6.11. The highest BCUT2D eigenvalue weighted by Gasteiger charge is 2.18. The normalized spacial score (nSPS) is 17.8. The smallest absolute Gasteiger partial charge is 0.0558 e. The van der Waals surface area contributed by atoms with E-state index in [1.165, 1.54) is 18.4 Å². The summed E-state index contributed by atoms with van der Waals surface area (Å²) in [4.78, 5) is 2.34. The number of rotatable bonds is 6. The molecule has 106 valence electrons. The average Bonchev–Trinajstić information content (AvgIpc) is 2.43. The lowest BCUT2D eigenvalue weighted by molar-refractivity contribution is 0.146. The first kappa shape index (κ1) is 14.8. The number of aliphatic hydroxyl groups is 1. The second-order valence-electron chi connectivity index (χ2n) is 5.23. The standard InChI is InChI=1S/C15H23ClN2O/c16-15-4-2-1-3-14(15)12-17-11-13-5-7-18(8-6-13)9-10-19/h1-4,13,17,19H,5-12H2. The molecule has 0 bridgehead atoms. The third kappa shape index (κ3) is 4.77. The maximum Gasteiger partial charge on any atom is 0.0558 e. The van der Waals surface area contributed by atoms with Crippen LogP contribution >= 0.6 is 11.6 Å². The Morgan fingerprint density at radius 1 is 1.26 bits per heavy atom. The molecule has 2 rings (SSSR count). The number of nitrogens with zero attached hydrogens (tertiary/aromatic N) is 1. The predicted octanol–water partition coefficient (Wildman–Crippen LogP) is 2.13. The van der Waals surface area contributed by atoms with Crippen LogP contribution in [-0.4, -0.2) is 42.8 Å². The lowest BCUT2D eigenvalue weighted by Gasteiger charge is -2.31. The monoisotopic (exact) mass is 282 g/mol. The van der Waals surface area contributed by atoms with E-state index in [9.17, 15) is 0 Å². The lowest BCUT2D eigenvalue weighted by Crippen LogP contribution is -2.38. The number of hydrogen-bond acceptors (Lipinski definition) is 3. The molecule has 2 N–H and O–H groups in total. The Labute approximate surface area is 120 Å². The second kappa shape index (κ2) is 7.85. The fourth-order valence-corrected chi connectivity index (χ4v) is 2.81. The van der Waals surface area contributed by atoms with Gasteiger partial charge in [0.2, 0.25) is 0 Å². The van der Waals surface area contributed by atoms with Crippen LogP contribution in [0.3, 0.4) is 0 Å². The summed E-state index contributed by atoms with van der Waals surface area (Å²) in [6, 6.07) is 7.99. The zero-order valence-electron chi connectivity index (χ0n) is 11.3. The van der Waals surface area contributed by atoms with Crippen molar-refractivity contribution in [2.45, 2.75) is 19.4 Å². The second-order valence-corrected chi connectivity index (χ2v) is 5.64. The third-order valence-corrected chi connectivity index (χ3v) is 4.20. The van der Waals surface area contributed by atoms with Crippen molar-refractivity contribution in [1.82, 2.24) is 10.2 Å². The van der Waals surface area contributed by atoms with Crippen LogP contribution in [0.2, 0.25) is 5.02 Å². The molecule has 1 aliphatic rings. The summed E-state index contributed by atoms with van der Waals surface area (Å²) >= 11 is 6.13. The molecule has 19 heavy (non-hydrogen) atoms. The number of β-amino-alcohol motifs (C(OH)–C–C–N with tert-alkyl or cyclic N) is 1. The van der Waals surface area contributed by atoms with Gasteiger partial charge in [0.1, 0.15) is 0 Å². The number of halogens is 1. The van der Waals surface area contributed by atoms with Crippen LogP contribution in [0.4, 0.5) is 0 Å². The predicted molar refractivity (Wildman–Crippen MR) is 79.4 cm³/mol. The molecule has 0 spiro atoms. The largest absolute Gasteiger partial charge is 0.395 e. The quantitative estimate of drug-likeness (QED) is 0.839. The minimum absolute atomic E-state index is 0.273. The first-order valence-electron chi connectivity index (χ1n) is 7.07. The minimum Gasteiger partial charge on any atom is -0.395 e. The van der Waals surface area contributed by atoms with E-state index in [0.717, 1.165) is 43.7 Å². The number of nitrogens with one attached hydrogen (secondary N) is 1. The number of piperidine rings is 1. The number of benzene rings is 1. The van der Waals surface area contributed by atoms with E-state index in [4.69, 9.17) is 16.7 Å². The fraction of sp³-hybridized carbons (Fsp3) is 0.600. The van der Waals surface area contributed by atoms with Crippen molar-refractivity contribution in [3.8, 4) is 0 Å². The zero-order chi connectivity index (χ0) is 13.5. The maximum absolute atomic E-state index is 8.91. The van der Waals surface area contributed by atoms with Crippen molar-refractivity contribution in [3.05, 3.63) is 34.9 Å². The molecule has 0 saturated carbocycles. The number of likely N-dealkylation sites (tertiary alicyclic amines) is 1. The molecular formula is C15H23ClN2O. The van der Waals surface area contributed by atoms with E-state index in [2.05, 4.69) is 16.3 Å². The zero-order valence-corrected chi connectivity index (χ0v) is 12.1. The Balaban J connectivity index is 1.66. The van der Waals surface area contributed by atoms with Crippen LogP contribution in [0, 0.1) is 5.92 Å². The highest BCUT2D eigenvalue weighted by molar-refractivity contribution is 6.31. The van der Waals surface area contributed by atoms with E-state index in [0.29, 0.717) is 0 Å². The van der Waals surface area contributed by atoms with Crippen molar-refractivity contribution >= 4 is 11.6 Å². The van der Waals surface area contributed by atoms with Gasteiger partial charge in [-0.05, 0) is 50.0 Å². The van der Waals surface area contributed by atoms with Gasteiger partial charge in [-0.25, -0.2) is 0 Å². The van der Waals surface area contributed by atoms with Gasteiger partial charge in [-0.1, -0.05) is 29.8 Å². The van der Waals surface area contributed by atoms with Crippen LogP contribution in [0.25, 0.3) is 0 Å². The molecule has 0 amide bonds. The number of aliphatic hydroxyl groups excluding tert-OH is 1. The van der Waals surface area contributed by atoms with Crippen LogP contribution in [-0.2, 0) is 6.54 Å². The Morgan fingerprint density at radius 2 is 2.00 bits per heavy atom. The molecule has 1 aromatic rings. The van der Waals surface area contributed by atoms with Gasteiger partial charge in [0.05, 0.1) is 6.61 Å². The molecule has 0 aliphatic carbocycles. The Morgan fingerprint density at radius 3 is 2.68 bits per heavy atom. The van der Waals surface area contributed by atoms with Crippen LogP contribution in [0.15, 0.2) is 24.3 Å². The van der Waals surface area contributed by atoms with Gasteiger partial charge in [-0.15, -0.1) is 0 Å². The summed E-state index contributed by atoms with van der Waals surface area (Å²) < 4.78 is 0. The third-order valence-electron chi connectivity index (χ3n) is 3.83. The van der Waals surface area contributed by atoms with Crippen molar-refractivity contribution in [3.63, 3.8) is 0 Å². The van der Waals surface area contributed by atoms with Gasteiger partial charge < -0.3 is 15.3 Å². The molecule has 0 radical (unpaired) electrons. The molecule has 1 saturated heterocycles. The molecule has 0 unspecified atom stereocenters. The summed E-state index contributed by atoms with van der Waals surface area (Å²) in [5.74, 6) is 0.748. The SMILES string of the molecule is OCCN1CCC(CNCc2ccccc2Cl)CC1. The van der Waals surface area contributed by atoms with Gasteiger partial charge in [0, 0.05) is 18.1 Å². The molecule has 0 atom stereocenters. The van der Waals surface area contributed by atoms with E-state index in [1.807, 2.05) is 18.2 Å². The van der Waals surface area contributed by atoms with Gasteiger partial charge in [0.15, 0.2) is 0 Å². The Hall–Kier alpha value is -0.610. The van der Waals surface area contributed by atoms with Crippen molar-refractivity contribution in [2.24, 2.45) is 5.92 Å². The molecular weight excluding hydrogens is 260 g/mol. The first-order valence-corrected chi connectivity index (χ1v) is 7.44. The van der Waals surface area contributed by atoms with Crippen LogP contribution in [0.1, 0.15) is 18.4 Å². The van der Waals surface area contributed by atoms with Crippen LogP contribution in [0.5, 0.6) is 0 Å². The van der Waals surface area contributed by atoms with Crippen molar-refractivity contribution < 1.29 is 5.11 Å². The minimum atomic E-state index is 0.273. The van der Waals surface area contributed by atoms with Gasteiger partial charge >= 0.3 is 0 Å². The highest BCUT2D eigenvalue weighted by atomic mass is 35.5. The topological polar surface area (TPSA) is 35.5 Å². The maximum atomic E-state index is 8.91. The summed E-state index contributed by atoms with van der Waals surface area (Å²) in [5.41, 5.74) is 1.17. The van der Waals surface area contributed by atoms with E-state index < -0.39 is 0 Å². The summed E-state index contributed by atoms with van der Waals surface area (Å²) in [7, 11) is 0. The fourth-order valence-electron chi connectivity index (χ4n) is 2.61. The Bertz CT molecular complexity index is 378. The van der Waals surface area contributed by atoms with Gasteiger partial charge in [0.25, 0.3) is 0 Å². The van der Waals surface area contributed by atoms with E-state index >= 15 is 0 Å². The highest BCUT2D eigenvalue weighted by Crippen LogP contribution is 2.17. The lowest BCUT2D eigenvalue weighted by atomic mass is 9.97. The summed E-state index contributed by atoms with van der Waals surface area (Å²) in [6.45, 7) is 5.21. The molecule has 1 aliphatic heterocycles. The molecule has 0 aromatic heterocycles.